The Hall–Kier alpha value is -1.02. The first kappa shape index (κ1) is 12.0. The summed E-state index contributed by atoms with van der Waals surface area (Å²) < 4.78 is 5.86. The zero-order chi connectivity index (χ0) is 12.4. The third-order valence-corrected chi connectivity index (χ3v) is 4.33. The molecule has 98 valence electrons. The highest BCUT2D eigenvalue weighted by Crippen LogP contribution is 2.34. The van der Waals surface area contributed by atoms with Crippen molar-refractivity contribution >= 4 is 0 Å². The van der Waals surface area contributed by atoms with Crippen LogP contribution in [-0.4, -0.2) is 13.2 Å². The number of benzene rings is 1. The quantitative estimate of drug-likeness (QED) is 0.864. The molecule has 1 aromatic carbocycles. The molecule has 1 unspecified atom stereocenters. The first-order valence-electron chi connectivity index (χ1n) is 7.32. The van der Waals surface area contributed by atoms with Gasteiger partial charge in [0, 0.05) is 0 Å². The molecule has 0 saturated heterocycles. The summed E-state index contributed by atoms with van der Waals surface area (Å²) in [5, 5.41) is 0. The summed E-state index contributed by atoms with van der Waals surface area (Å²) in [4.78, 5) is 0. The minimum absolute atomic E-state index is 0.564. The van der Waals surface area contributed by atoms with Gasteiger partial charge in [-0.2, -0.15) is 0 Å². The molecular formula is C16H23NO. The second kappa shape index (κ2) is 5.31. The summed E-state index contributed by atoms with van der Waals surface area (Å²) in [6.07, 6.45) is 7.73. The molecule has 1 fully saturated rings. The van der Waals surface area contributed by atoms with Crippen molar-refractivity contribution in [2.45, 2.75) is 44.4 Å². The van der Waals surface area contributed by atoms with Crippen LogP contribution in [0.1, 0.15) is 49.1 Å². The van der Waals surface area contributed by atoms with Crippen LogP contribution < -0.4 is 10.5 Å². The molecule has 2 nitrogen and oxygen atoms in total. The van der Waals surface area contributed by atoms with Crippen molar-refractivity contribution in [1.82, 2.24) is 0 Å². The zero-order valence-electron chi connectivity index (χ0n) is 11.0. The van der Waals surface area contributed by atoms with E-state index in [4.69, 9.17) is 10.5 Å². The maximum absolute atomic E-state index is 5.86. The highest BCUT2D eigenvalue weighted by atomic mass is 16.5. The summed E-state index contributed by atoms with van der Waals surface area (Å²) in [5.41, 5.74) is 8.76. The molecule has 0 radical (unpaired) electrons. The average molecular weight is 245 g/mol. The molecule has 1 saturated carbocycles. The van der Waals surface area contributed by atoms with Gasteiger partial charge in [0.25, 0.3) is 0 Å². The Balaban J connectivity index is 1.65. The molecule has 0 aromatic heterocycles. The lowest BCUT2D eigenvalue weighted by Crippen LogP contribution is -2.18. The Bertz CT molecular complexity index is 412. The molecule has 0 aliphatic heterocycles. The van der Waals surface area contributed by atoms with Crippen molar-refractivity contribution in [1.29, 1.82) is 0 Å². The molecule has 2 aliphatic rings. The lowest BCUT2D eigenvalue weighted by atomic mass is 9.83. The molecule has 3 rings (SSSR count). The first-order valence-corrected chi connectivity index (χ1v) is 7.32. The molecule has 2 aliphatic carbocycles. The van der Waals surface area contributed by atoms with E-state index in [0.29, 0.717) is 5.92 Å². The third-order valence-electron chi connectivity index (χ3n) is 4.33. The van der Waals surface area contributed by atoms with Gasteiger partial charge in [-0.3, -0.25) is 0 Å². The van der Waals surface area contributed by atoms with Gasteiger partial charge in [-0.15, -0.1) is 0 Å². The summed E-state index contributed by atoms with van der Waals surface area (Å²) >= 11 is 0. The smallest absolute Gasteiger partial charge is 0.119 e. The number of ether oxygens (including phenoxy) is 1. The van der Waals surface area contributed by atoms with E-state index in [0.717, 1.165) is 24.8 Å². The van der Waals surface area contributed by atoms with Crippen molar-refractivity contribution in [3.05, 3.63) is 29.3 Å². The van der Waals surface area contributed by atoms with Gasteiger partial charge >= 0.3 is 0 Å². The van der Waals surface area contributed by atoms with Crippen molar-refractivity contribution in [3.8, 4) is 5.75 Å². The highest BCUT2D eigenvalue weighted by molar-refractivity contribution is 5.39. The lowest BCUT2D eigenvalue weighted by molar-refractivity contribution is 0.302. The summed E-state index contributed by atoms with van der Waals surface area (Å²) in [6, 6.07) is 6.60. The van der Waals surface area contributed by atoms with Crippen LogP contribution >= 0.6 is 0 Å². The Labute approximate surface area is 110 Å². The van der Waals surface area contributed by atoms with E-state index in [9.17, 15) is 0 Å². The van der Waals surface area contributed by atoms with Gasteiger partial charge in [-0.25, -0.2) is 0 Å². The Kier molecular flexibility index (Phi) is 3.55. The number of hydrogen-bond donors (Lipinski definition) is 1. The van der Waals surface area contributed by atoms with Crippen LogP contribution in [-0.2, 0) is 6.42 Å². The van der Waals surface area contributed by atoms with Crippen LogP contribution in [0.5, 0.6) is 5.75 Å². The van der Waals surface area contributed by atoms with Gasteiger partial charge in [0.1, 0.15) is 5.75 Å². The molecule has 1 aromatic rings. The van der Waals surface area contributed by atoms with Crippen molar-refractivity contribution in [2.24, 2.45) is 11.7 Å². The molecule has 1 atom stereocenters. The van der Waals surface area contributed by atoms with Gasteiger partial charge in [-0.05, 0) is 67.3 Å². The van der Waals surface area contributed by atoms with E-state index >= 15 is 0 Å². The van der Waals surface area contributed by atoms with Crippen LogP contribution in [0, 0.1) is 5.92 Å². The van der Waals surface area contributed by atoms with Gasteiger partial charge in [0.05, 0.1) is 6.61 Å². The fourth-order valence-electron chi connectivity index (χ4n) is 2.98. The second-order valence-corrected chi connectivity index (χ2v) is 5.77. The molecule has 0 amide bonds. The number of rotatable bonds is 5. The van der Waals surface area contributed by atoms with Crippen molar-refractivity contribution < 1.29 is 4.74 Å². The van der Waals surface area contributed by atoms with Gasteiger partial charge in [-0.1, -0.05) is 18.9 Å². The summed E-state index contributed by atoms with van der Waals surface area (Å²) in [5.74, 6) is 2.56. The normalized spacial score (nSPS) is 22.6. The maximum atomic E-state index is 5.86. The van der Waals surface area contributed by atoms with Crippen LogP contribution in [0.25, 0.3) is 0 Å². The molecular weight excluding hydrogens is 222 g/mol. The van der Waals surface area contributed by atoms with Crippen LogP contribution in [0.15, 0.2) is 18.2 Å². The van der Waals surface area contributed by atoms with E-state index in [1.165, 1.54) is 49.7 Å². The van der Waals surface area contributed by atoms with Gasteiger partial charge in [0.15, 0.2) is 0 Å². The molecule has 18 heavy (non-hydrogen) atoms. The number of fused-ring (bicyclic) bond motifs is 1. The lowest BCUT2D eigenvalue weighted by Gasteiger charge is -2.24. The summed E-state index contributed by atoms with van der Waals surface area (Å²) in [6.45, 7) is 1.65. The van der Waals surface area contributed by atoms with E-state index in [-0.39, 0.29) is 0 Å². The molecule has 0 heterocycles. The second-order valence-electron chi connectivity index (χ2n) is 5.77. The number of nitrogens with two attached hydrogens (primary N) is 1. The van der Waals surface area contributed by atoms with Crippen LogP contribution in [0.4, 0.5) is 0 Å². The van der Waals surface area contributed by atoms with Crippen LogP contribution in [0.2, 0.25) is 0 Å². The minimum atomic E-state index is 0.564. The molecule has 2 heteroatoms. The minimum Gasteiger partial charge on any atom is -0.494 e. The van der Waals surface area contributed by atoms with E-state index in [1.54, 1.807) is 0 Å². The largest absolute Gasteiger partial charge is 0.494 e. The van der Waals surface area contributed by atoms with Gasteiger partial charge < -0.3 is 10.5 Å². The monoisotopic (exact) mass is 245 g/mol. The fourth-order valence-corrected chi connectivity index (χ4v) is 2.98. The van der Waals surface area contributed by atoms with E-state index in [2.05, 4.69) is 18.2 Å². The first-order chi connectivity index (χ1) is 8.86. The Morgan fingerprint density at radius 2 is 2.11 bits per heavy atom. The van der Waals surface area contributed by atoms with E-state index < -0.39 is 0 Å². The average Bonchev–Trinajstić information content (AvgIpc) is 3.22. The SMILES string of the molecule is NCC1CCCc2cc(OCCC3CC3)ccc21. The van der Waals surface area contributed by atoms with Crippen molar-refractivity contribution in [2.75, 3.05) is 13.2 Å². The molecule has 0 bridgehead atoms. The summed E-state index contributed by atoms with van der Waals surface area (Å²) in [7, 11) is 0. The predicted molar refractivity (Wildman–Crippen MR) is 74.0 cm³/mol. The molecule has 0 spiro atoms. The Morgan fingerprint density at radius 1 is 1.22 bits per heavy atom. The highest BCUT2D eigenvalue weighted by Gasteiger charge is 2.21. The zero-order valence-corrected chi connectivity index (χ0v) is 11.0. The predicted octanol–water partition coefficient (Wildman–Crippen LogP) is 3.24. The standard InChI is InChI=1S/C16H23NO/c17-11-14-3-1-2-13-10-15(6-7-16(13)14)18-9-8-12-4-5-12/h6-7,10,12,14H,1-5,8-9,11,17H2. The van der Waals surface area contributed by atoms with E-state index in [1.807, 2.05) is 0 Å². The van der Waals surface area contributed by atoms with Crippen molar-refractivity contribution in [3.63, 3.8) is 0 Å². The number of aryl methyl sites for hydroxylation is 1. The topological polar surface area (TPSA) is 35.2 Å². The van der Waals surface area contributed by atoms with Gasteiger partial charge in [0.2, 0.25) is 0 Å². The molecule has 2 N–H and O–H groups in total. The maximum Gasteiger partial charge on any atom is 0.119 e. The van der Waals surface area contributed by atoms with Crippen LogP contribution in [0.3, 0.4) is 0 Å². The third kappa shape index (κ3) is 2.69. The fraction of sp³-hybridized carbons (Fsp3) is 0.625. The number of hydrogen-bond acceptors (Lipinski definition) is 2. The Morgan fingerprint density at radius 3 is 2.89 bits per heavy atom.